The lowest BCUT2D eigenvalue weighted by Gasteiger charge is -2.37. The number of hydrogen-bond acceptors (Lipinski definition) is 2. The Morgan fingerprint density at radius 3 is 2.17 bits per heavy atom. The summed E-state index contributed by atoms with van der Waals surface area (Å²) in [7, 11) is 0. The van der Waals surface area contributed by atoms with E-state index in [0.29, 0.717) is 12.3 Å². The predicted octanol–water partition coefficient (Wildman–Crippen LogP) is 7.88. The number of benzene rings is 2. The molecule has 2 aliphatic carbocycles. The van der Waals surface area contributed by atoms with Crippen LogP contribution in [0.1, 0.15) is 88.2 Å². The maximum absolute atomic E-state index is 10.6. The molecule has 0 saturated heterocycles. The van der Waals surface area contributed by atoms with Gasteiger partial charge in [0.15, 0.2) is 0 Å². The van der Waals surface area contributed by atoms with Crippen LogP contribution in [-0.2, 0) is 4.79 Å². The number of rotatable bonds is 13. The van der Waals surface area contributed by atoms with Crippen LogP contribution in [-0.4, -0.2) is 17.1 Å². The van der Waals surface area contributed by atoms with Gasteiger partial charge >= 0.3 is 5.97 Å². The topological polar surface area (TPSA) is 63.3 Å². The van der Waals surface area contributed by atoms with Gasteiger partial charge < -0.3 is 10.8 Å². The summed E-state index contributed by atoms with van der Waals surface area (Å²) in [5.74, 6) is -0.254. The first-order chi connectivity index (χ1) is 17.0. The second-order valence-corrected chi connectivity index (χ2v) is 10.5. The van der Waals surface area contributed by atoms with E-state index < -0.39 is 5.97 Å². The maximum atomic E-state index is 10.6. The summed E-state index contributed by atoms with van der Waals surface area (Å²) in [6.07, 6.45) is 12.5. The van der Waals surface area contributed by atoms with Crippen molar-refractivity contribution in [2.24, 2.45) is 17.1 Å². The Morgan fingerprint density at radius 1 is 0.914 bits per heavy atom. The molecule has 1 fully saturated rings. The van der Waals surface area contributed by atoms with E-state index >= 15 is 0 Å². The lowest BCUT2D eigenvalue weighted by Crippen LogP contribution is -2.33. The van der Waals surface area contributed by atoms with Gasteiger partial charge in [-0.1, -0.05) is 105 Å². The van der Waals surface area contributed by atoms with E-state index in [2.05, 4.69) is 60.7 Å². The molecule has 2 aliphatic rings. The molecule has 0 bridgehead atoms. The van der Waals surface area contributed by atoms with Gasteiger partial charge in [0.1, 0.15) is 0 Å². The molecular weight excluding hydrogens is 430 g/mol. The molecule has 1 unspecified atom stereocenters. The Bertz CT molecular complexity index is 1030. The summed E-state index contributed by atoms with van der Waals surface area (Å²) in [6, 6.07) is 21.9. The van der Waals surface area contributed by atoms with E-state index in [9.17, 15) is 4.79 Å². The molecule has 0 amide bonds. The largest absolute Gasteiger partial charge is 0.481 e. The van der Waals surface area contributed by atoms with Crippen LogP contribution in [0, 0.1) is 11.3 Å². The third-order valence-electron chi connectivity index (χ3n) is 8.38. The van der Waals surface area contributed by atoms with Crippen LogP contribution in [0.4, 0.5) is 0 Å². The third kappa shape index (κ3) is 5.62. The number of hydrogen-bond donors (Lipinski definition) is 2. The SMILES string of the molecule is C=C(c1ccccc1)[C@@]12CC[C@H](N)C1CC(CCCCCCCCCC(=O)O)=C2c1ccccc1. The standard InChI is InChI=1S/C32H41NO2/c1-24(25-15-10-7-11-16-25)32-22-21-29(33)28(32)23-27(31(32)26-17-12-8-13-18-26)19-9-5-3-2-4-6-14-20-30(34)35/h7-8,10-13,15-18,28-29H,1-6,9,14,19-23,33H2,(H,34,35)/t28?,29-,32-/m0/s1. The van der Waals surface area contributed by atoms with Gasteiger partial charge in [0, 0.05) is 17.9 Å². The maximum Gasteiger partial charge on any atom is 0.303 e. The second-order valence-electron chi connectivity index (χ2n) is 10.5. The number of nitrogens with two attached hydrogens (primary N) is 1. The molecule has 186 valence electrons. The Morgan fingerprint density at radius 2 is 1.51 bits per heavy atom. The van der Waals surface area contributed by atoms with E-state index in [1.807, 2.05) is 0 Å². The Labute approximate surface area is 211 Å². The van der Waals surface area contributed by atoms with Gasteiger partial charge in [-0.15, -0.1) is 0 Å². The van der Waals surface area contributed by atoms with Crippen LogP contribution < -0.4 is 5.73 Å². The number of unbranched alkanes of at least 4 members (excludes halogenated alkanes) is 6. The van der Waals surface area contributed by atoms with E-state index in [0.717, 1.165) is 44.9 Å². The normalized spacial score (nSPS) is 23.5. The Hall–Kier alpha value is -2.65. The lowest BCUT2D eigenvalue weighted by molar-refractivity contribution is -0.137. The predicted molar refractivity (Wildman–Crippen MR) is 146 cm³/mol. The zero-order valence-corrected chi connectivity index (χ0v) is 21.1. The minimum absolute atomic E-state index is 0.0679. The molecule has 3 N–H and O–H groups in total. The molecule has 3 heteroatoms. The fourth-order valence-corrected chi connectivity index (χ4v) is 6.68. The van der Waals surface area contributed by atoms with Crippen molar-refractivity contribution in [1.82, 2.24) is 0 Å². The molecule has 0 aliphatic heterocycles. The fraction of sp³-hybridized carbons (Fsp3) is 0.469. The van der Waals surface area contributed by atoms with Gasteiger partial charge in [0.2, 0.25) is 0 Å². The molecule has 4 rings (SSSR count). The molecule has 0 radical (unpaired) electrons. The minimum Gasteiger partial charge on any atom is -0.481 e. The summed E-state index contributed by atoms with van der Waals surface area (Å²) in [4.78, 5) is 10.6. The first kappa shape index (κ1) is 25.4. The number of carbonyl (C=O) groups is 1. The van der Waals surface area contributed by atoms with Crippen molar-refractivity contribution in [2.75, 3.05) is 0 Å². The summed E-state index contributed by atoms with van der Waals surface area (Å²) in [5.41, 5.74) is 13.6. The van der Waals surface area contributed by atoms with E-state index in [1.54, 1.807) is 5.57 Å². The third-order valence-corrected chi connectivity index (χ3v) is 8.38. The summed E-state index contributed by atoms with van der Waals surface area (Å²) < 4.78 is 0. The molecule has 2 aromatic rings. The number of allylic oxidation sites excluding steroid dienone is 3. The van der Waals surface area contributed by atoms with Crippen molar-refractivity contribution >= 4 is 17.1 Å². The van der Waals surface area contributed by atoms with E-state index in [4.69, 9.17) is 17.4 Å². The van der Waals surface area contributed by atoms with Gasteiger partial charge in [-0.05, 0) is 66.7 Å². The molecule has 0 heterocycles. The average Bonchev–Trinajstić information content (AvgIpc) is 3.38. The first-order valence-electron chi connectivity index (χ1n) is 13.5. The van der Waals surface area contributed by atoms with Crippen LogP contribution in [0.15, 0.2) is 72.8 Å². The van der Waals surface area contributed by atoms with Crippen LogP contribution in [0.25, 0.3) is 11.1 Å². The van der Waals surface area contributed by atoms with Crippen LogP contribution in [0.3, 0.4) is 0 Å². The second kappa shape index (κ2) is 11.9. The van der Waals surface area contributed by atoms with Crippen molar-refractivity contribution in [3.05, 3.63) is 83.9 Å². The Balaban J connectivity index is 1.50. The fourth-order valence-electron chi connectivity index (χ4n) is 6.68. The van der Waals surface area contributed by atoms with Crippen molar-refractivity contribution in [1.29, 1.82) is 0 Å². The minimum atomic E-state index is -0.679. The zero-order valence-electron chi connectivity index (χ0n) is 21.1. The summed E-state index contributed by atoms with van der Waals surface area (Å²) in [5, 5.41) is 8.77. The number of carboxylic acid groups (broad SMARTS) is 1. The highest BCUT2D eigenvalue weighted by molar-refractivity contribution is 5.90. The average molecular weight is 472 g/mol. The number of aliphatic carboxylic acids is 1. The lowest BCUT2D eigenvalue weighted by atomic mass is 9.66. The number of carboxylic acids is 1. The molecule has 1 saturated carbocycles. The molecule has 3 atom stereocenters. The van der Waals surface area contributed by atoms with Crippen molar-refractivity contribution in [2.45, 2.75) is 83.1 Å². The van der Waals surface area contributed by atoms with Crippen LogP contribution in [0.5, 0.6) is 0 Å². The van der Waals surface area contributed by atoms with E-state index in [-0.39, 0.29) is 11.5 Å². The van der Waals surface area contributed by atoms with Crippen LogP contribution in [0.2, 0.25) is 0 Å². The molecule has 35 heavy (non-hydrogen) atoms. The first-order valence-corrected chi connectivity index (χ1v) is 13.5. The monoisotopic (exact) mass is 471 g/mol. The summed E-state index contributed by atoms with van der Waals surface area (Å²) >= 11 is 0. The highest BCUT2D eigenvalue weighted by Crippen LogP contribution is 2.65. The van der Waals surface area contributed by atoms with Crippen LogP contribution >= 0.6 is 0 Å². The number of fused-ring (bicyclic) bond motifs is 1. The van der Waals surface area contributed by atoms with E-state index in [1.165, 1.54) is 48.0 Å². The van der Waals surface area contributed by atoms with Gasteiger partial charge in [0.05, 0.1) is 0 Å². The van der Waals surface area contributed by atoms with Crippen molar-refractivity contribution in [3.8, 4) is 0 Å². The molecule has 0 spiro atoms. The van der Waals surface area contributed by atoms with Gasteiger partial charge in [-0.3, -0.25) is 4.79 Å². The summed E-state index contributed by atoms with van der Waals surface area (Å²) in [6.45, 7) is 4.71. The van der Waals surface area contributed by atoms with Gasteiger partial charge in [0.25, 0.3) is 0 Å². The quantitative estimate of drug-likeness (QED) is 0.292. The molecule has 3 nitrogen and oxygen atoms in total. The molecular formula is C32H41NO2. The highest BCUT2D eigenvalue weighted by atomic mass is 16.4. The smallest absolute Gasteiger partial charge is 0.303 e. The zero-order chi connectivity index (χ0) is 24.7. The molecule has 2 aromatic carbocycles. The highest BCUT2D eigenvalue weighted by Gasteiger charge is 2.55. The molecule has 0 aromatic heterocycles. The van der Waals surface area contributed by atoms with Gasteiger partial charge in [-0.2, -0.15) is 0 Å². The van der Waals surface area contributed by atoms with Crippen molar-refractivity contribution in [3.63, 3.8) is 0 Å². The Kier molecular flexibility index (Phi) is 8.62. The van der Waals surface area contributed by atoms with Gasteiger partial charge in [-0.25, -0.2) is 0 Å². The van der Waals surface area contributed by atoms with Crippen molar-refractivity contribution < 1.29 is 9.90 Å².